The highest BCUT2D eigenvalue weighted by Gasteiger charge is 2.31. The Balaban J connectivity index is 1.84. The minimum Gasteiger partial charge on any atom is -0.382 e. The molecule has 1 N–H and O–H groups in total. The lowest BCUT2D eigenvalue weighted by molar-refractivity contribution is -0.122. The van der Waals surface area contributed by atoms with Crippen LogP contribution in [0.1, 0.15) is 33.3 Å². The van der Waals surface area contributed by atoms with Crippen molar-refractivity contribution in [3.8, 4) is 0 Å². The van der Waals surface area contributed by atoms with E-state index in [0.717, 1.165) is 17.2 Å². The first-order chi connectivity index (χ1) is 17.1. The fraction of sp³-hybridized carbons (Fsp3) is 0.370. The Bertz CT molecular complexity index is 1210. The van der Waals surface area contributed by atoms with Gasteiger partial charge in [0.15, 0.2) is 5.78 Å². The van der Waals surface area contributed by atoms with E-state index in [9.17, 15) is 14.4 Å². The van der Waals surface area contributed by atoms with Crippen LogP contribution in [0.3, 0.4) is 0 Å². The van der Waals surface area contributed by atoms with Crippen molar-refractivity contribution in [2.75, 3.05) is 27.4 Å². The molecule has 192 valence electrons. The Hall–Kier alpha value is -3.27. The minimum atomic E-state index is -1.45. The highest BCUT2D eigenvalue weighted by atomic mass is 28.3. The number of aromatic amines is 1. The van der Waals surface area contributed by atoms with E-state index in [1.54, 1.807) is 7.11 Å². The molecule has 0 saturated carbocycles. The number of nitrogens with one attached hydrogen (secondary N) is 1. The summed E-state index contributed by atoms with van der Waals surface area (Å²) in [6.45, 7) is 8.22. The van der Waals surface area contributed by atoms with E-state index < -0.39 is 25.6 Å². The number of nitrogens with zero attached hydrogens (tertiary/aromatic N) is 1. The molecule has 3 aromatic rings. The zero-order valence-electron chi connectivity index (χ0n) is 21.5. The molecule has 0 aliphatic heterocycles. The number of amides is 1. The van der Waals surface area contributed by atoms with Gasteiger partial charge in [0, 0.05) is 20.6 Å². The van der Waals surface area contributed by atoms with Crippen molar-refractivity contribution in [2.45, 2.75) is 38.7 Å². The average Bonchev–Trinajstić information content (AvgIpc) is 3.28. The average molecular weight is 511 g/mol. The fourth-order valence-electron chi connectivity index (χ4n) is 3.85. The first kappa shape index (κ1) is 27.3. The molecular formula is C27H34N2O6Si. The molecule has 0 spiro atoms. The number of aromatic nitrogens is 1. The normalized spacial score (nSPS) is 12.4. The van der Waals surface area contributed by atoms with E-state index in [2.05, 4.69) is 36.9 Å². The highest BCUT2D eigenvalue weighted by Crippen LogP contribution is 2.25. The van der Waals surface area contributed by atoms with Crippen LogP contribution in [-0.4, -0.2) is 57.2 Å². The summed E-state index contributed by atoms with van der Waals surface area (Å²) >= 11 is 0. The molecule has 1 aromatic heterocycles. The van der Waals surface area contributed by atoms with Gasteiger partial charge in [-0.3, -0.25) is 14.4 Å². The van der Waals surface area contributed by atoms with Gasteiger partial charge in [0.2, 0.25) is 5.76 Å². The highest BCUT2D eigenvalue weighted by molar-refractivity contribution is 6.88. The fourth-order valence-corrected chi connectivity index (χ4v) is 5.02. The Labute approximate surface area is 212 Å². The van der Waals surface area contributed by atoms with E-state index in [4.69, 9.17) is 14.0 Å². The molecule has 36 heavy (non-hydrogen) atoms. The van der Waals surface area contributed by atoms with Gasteiger partial charge < -0.3 is 18.9 Å². The number of methoxy groups -OCH3 is 1. The minimum absolute atomic E-state index is 0.145. The summed E-state index contributed by atoms with van der Waals surface area (Å²) < 4.78 is 15.6. The SMILES string of the molecule is COCCOCc1ccc(C(C(=O)Cc2ccc([Si](C)(C)C)cc2)N(C)C(=O)c2cc(=O)[nH]o2)cc1. The van der Waals surface area contributed by atoms with Crippen molar-refractivity contribution in [3.05, 3.63) is 87.4 Å². The van der Waals surface area contributed by atoms with Gasteiger partial charge in [-0.05, 0) is 16.7 Å². The number of H-pyrrole nitrogens is 1. The number of rotatable bonds is 12. The summed E-state index contributed by atoms with van der Waals surface area (Å²) in [5.41, 5.74) is 1.96. The van der Waals surface area contributed by atoms with Crippen LogP contribution in [0.2, 0.25) is 19.6 Å². The summed E-state index contributed by atoms with van der Waals surface area (Å²) in [6, 6.07) is 15.8. The molecule has 1 unspecified atom stereocenters. The van der Waals surface area contributed by atoms with Crippen molar-refractivity contribution in [1.29, 1.82) is 0 Å². The molecule has 2 aromatic carbocycles. The molecule has 0 fully saturated rings. The maximum absolute atomic E-state index is 13.6. The zero-order chi connectivity index (χ0) is 26.3. The van der Waals surface area contributed by atoms with E-state index in [1.807, 2.05) is 36.4 Å². The molecule has 9 heteroatoms. The number of ketones is 1. The second-order valence-corrected chi connectivity index (χ2v) is 14.8. The third-order valence-corrected chi connectivity index (χ3v) is 8.01. The third kappa shape index (κ3) is 7.13. The lowest BCUT2D eigenvalue weighted by Gasteiger charge is -2.27. The van der Waals surface area contributed by atoms with Gasteiger partial charge in [-0.25, -0.2) is 0 Å². The van der Waals surface area contributed by atoms with Crippen LogP contribution in [0.25, 0.3) is 0 Å². The molecule has 1 atom stereocenters. The maximum atomic E-state index is 13.6. The number of likely N-dealkylation sites (N-methyl/N-ethyl adjacent to an activating group) is 1. The summed E-state index contributed by atoms with van der Waals surface area (Å²) in [5.74, 6) is -0.857. The molecule has 1 heterocycles. The summed E-state index contributed by atoms with van der Waals surface area (Å²) in [4.78, 5) is 39.4. The van der Waals surface area contributed by atoms with Crippen LogP contribution >= 0.6 is 0 Å². The van der Waals surface area contributed by atoms with Crippen molar-refractivity contribution >= 4 is 25.0 Å². The number of carbonyl (C=O) groups is 2. The topological polar surface area (TPSA) is 102 Å². The Morgan fingerprint density at radius 3 is 2.19 bits per heavy atom. The molecule has 3 rings (SSSR count). The Morgan fingerprint density at radius 2 is 1.64 bits per heavy atom. The van der Waals surface area contributed by atoms with Gasteiger partial charge in [-0.2, -0.15) is 5.16 Å². The number of hydrogen-bond donors (Lipinski definition) is 1. The van der Waals surface area contributed by atoms with Crippen LogP contribution in [0.4, 0.5) is 0 Å². The number of ether oxygens (including phenoxy) is 2. The molecule has 0 bridgehead atoms. The standard InChI is InChI=1S/C27H34N2O6Si/c1-29(27(32)24-17-25(31)28-35-24)26(21-10-6-20(7-11-21)18-34-15-14-33-2)23(30)16-19-8-12-22(13-9-19)36(3,4)5/h6-13,17,26H,14-16,18H2,1-5H3,(H,28,31). The predicted molar refractivity (Wildman–Crippen MR) is 140 cm³/mol. The lowest BCUT2D eigenvalue weighted by atomic mass is 9.95. The summed E-state index contributed by atoms with van der Waals surface area (Å²) in [5, 5.41) is 3.44. The third-order valence-electron chi connectivity index (χ3n) is 5.94. The van der Waals surface area contributed by atoms with Gasteiger partial charge in [-0.15, -0.1) is 0 Å². The molecule has 0 saturated heterocycles. The summed E-state index contributed by atoms with van der Waals surface area (Å²) in [7, 11) is 1.70. The quantitative estimate of drug-likeness (QED) is 0.296. The van der Waals surface area contributed by atoms with Crippen LogP contribution in [0, 0.1) is 0 Å². The molecule has 8 nitrogen and oxygen atoms in total. The molecule has 0 radical (unpaired) electrons. The number of carbonyl (C=O) groups excluding carboxylic acids is 2. The van der Waals surface area contributed by atoms with E-state index in [1.165, 1.54) is 17.1 Å². The number of benzene rings is 2. The Morgan fingerprint density at radius 1 is 1.00 bits per heavy atom. The smallest absolute Gasteiger partial charge is 0.293 e. The molecular weight excluding hydrogens is 476 g/mol. The van der Waals surface area contributed by atoms with Crippen molar-refractivity contribution in [1.82, 2.24) is 10.1 Å². The van der Waals surface area contributed by atoms with Crippen molar-refractivity contribution < 1.29 is 23.6 Å². The largest absolute Gasteiger partial charge is 0.382 e. The van der Waals surface area contributed by atoms with Gasteiger partial charge in [0.05, 0.1) is 34.0 Å². The zero-order valence-corrected chi connectivity index (χ0v) is 22.5. The monoisotopic (exact) mass is 510 g/mol. The van der Waals surface area contributed by atoms with E-state index in [0.29, 0.717) is 25.4 Å². The van der Waals surface area contributed by atoms with Crippen LogP contribution in [-0.2, 0) is 27.3 Å². The first-order valence-electron chi connectivity index (χ1n) is 11.8. The lowest BCUT2D eigenvalue weighted by Crippen LogP contribution is -2.38. The Kier molecular flexibility index (Phi) is 9.19. The van der Waals surface area contributed by atoms with Crippen LogP contribution < -0.4 is 10.7 Å². The first-order valence-corrected chi connectivity index (χ1v) is 15.3. The molecule has 0 aliphatic carbocycles. The second-order valence-electron chi connectivity index (χ2n) is 9.77. The van der Waals surface area contributed by atoms with Crippen molar-refractivity contribution in [2.24, 2.45) is 0 Å². The van der Waals surface area contributed by atoms with Gasteiger partial charge in [-0.1, -0.05) is 73.4 Å². The second kappa shape index (κ2) is 12.1. The van der Waals surface area contributed by atoms with Gasteiger partial charge >= 0.3 is 0 Å². The molecule has 1 amide bonds. The van der Waals surface area contributed by atoms with Gasteiger partial charge in [0.1, 0.15) is 6.04 Å². The van der Waals surface area contributed by atoms with Gasteiger partial charge in [0.25, 0.3) is 11.5 Å². The van der Waals surface area contributed by atoms with Crippen LogP contribution in [0.5, 0.6) is 0 Å². The molecule has 0 aliphatic rings. The number of hydrogen-bond acceptors (Lipinski definition) is 6. The predicted octanol–water partition coefficient (Wildman–Crippen LogP) is 3.30. The van der Waals surface area contributed by atoms with E-state index >= 15 is 0 Å². The van der Waals surface area contributed by atoms with E-state index in [-0.39, 0.29) is 18.0 Å². The van der Waals surface area contributed by atoms with Crippen LogP contribution in [0.15, 0.2) is 63.9 Å². The maximum Gasteiger partial charge on any atom is 0.293 e. The van der Waals surface area contributed by atoms with Crippen molar-refractivity contribution in [3.63, 3.8) is 0 Å². The summed E-state index contributed by atoms with van der Waals surface area (Å²) in [6.07, 6.45) is 0.160. The number of Topliss-reactive ketones (excluding diaryl/α,β-unsaturated/α-hetero) is 1.